The summed E-state index contributed by atoms with van der Waals surface area (Å²) in [6, 6.07) is 5.35. The van der Waals surface area contributed by atoms with Gasteiger partial charge in [0.15, 0.2) is 0 Å². The maximum atomic E-state index is 13.0. The lowest BCUT2D eigenvalue weighted by Crippen LogP contribution is -2.48. The molecular formula is C14H21BrN2O3S. The molecule has 1 saturated heterocycles. The summed E-state index contributed by atoms with van der Waals surface area (Å²) in [6.07, 6.45) is 0.743. The summed E-state index contributed by atoms with van der Waals surface area (Å²) < 4.78 is 33.5. The average molecular weight is 377 g/mol. The summed E-state index contributed by atoms with van der Waals surface area (Å²) in [7, 11) is -1.68. The first kappa shape index (κ1) is 16.9. The number of morpholine rings is 1. The van der Waals surface area contributed by atoms with E-state index in [2.05, 4.69) is 21.2 Å². The van der Waals surface area contributed by atoms with E-state index in [-0.39, 0.29) is 6.04 Å². The minimum absolute atomic E-state index is 0.0939. The molecule has 1 aromatic rings. The molecule has 118 valence electrons. The van der Waals surface area contributed by atoms with E-state index in [1.54, 1.807) is 16.4 Å². The van der Waals surface area contributed by atoms with Crippen molar-refractivity contribution in [3.05, 3.63) is 28.2 Å². The molecule has 0 saturated carbocycles. The number of halogens is 1. The first-order valence-corrected chi connectivity index (χ1v) is 9.26. The number of rotatable bonds is 5. The first-order chi connectivity index (χ1) is 10.0. The molecule has 2 rings (SSSR count). The van der Waals surface area contributed by atoms with Crippen molar-refractivity contribution in [2.75, 3.05) is 26.8 Å². The van der Waals surface area contributed by atoms with Gasteiger partial charge in [0.05, 0.1) is 18.1 Å². The molecule has 0 aliphatic carbocycles. The van der Waals surface area contributed by atoms with Gasteiger partial charge in [-0.05, 0) is 47.1 Å². The van der Waals surface area contributed by atoms with Crippen LogP contribution in [-0.2, 0) is 21.3 Å². The lowest BCUT2D eigenvalue weighted by Gasteiger charge is -2.34. The SMILES string of the molecule is CCC1COCCN1S(=O)(=O)c1cc(CNC)ccc1Br. The number of hydrogen-bond donors (Lipinski definition) is 1. The Kier molecular flexibility index (Phi) is 5.79. The van der Waals surface area contributed by atoms with E-state index >= 15 is 0 Å². The summed E-state index contributed by atoms with van der Waals surface area (Å²) in [5.74, 6) is 0. The highest BCUT2D eigenvalue weighted by Crippen LogP contribution is 2.29. The standard InChI is InChI=1S/C14H21BrN2O3S/c1-3-12-10-20-7-6-17(12)21(18,19)14-8-11(9-16-2)4-5-13(14)15/h4-5,8,12,16H,3,6-7,9-10H2,1-2H3. The zero-order valence-electron chi connectivity index (χ0n) is 12.3. The quantitative estimate of drug-likeness (QED) is 0.853. The van der Waals surface area contributed by atoms with Crippen LogP contribution in [0.2, 0.25) is 0 Å². The Morgan fingerprint density at radius 1 is 1.48 bits per heavy atom. The van der Waals surface area contributed by atoms with Gasteiger partial charge < -0.3 is 10.1 Å². The Bertz CT molecular complexity index is 592. The first-order valence-electron chi connectivity index (χ1n) is 7.03. The predicted octanol–water partition coefficient (Wildman–Crippen LogP) is 1.97. The van der Waals surface area contributed by atoms with Crippen LogP contribution in [0.4, 0.5) is 0 Å². The molecule has 0 radical (unpaired) electrons. The van der Waals surface area contributed by atoms with Crippen molar-refractivity contribution in [2.24, 2.45) is 0 Å². The minimum atomic E-state index is -3.52. The van der Waals surface area contributed by atoms with Gasteiger partial charge in [0.2, 0.25) is 10.0 Å². The van der Waals surface area contributed by atoms with Crippen LogP contribution in [0.1, 0.15) is 18.9 Å². The van der Waals surface area contributed by atoms with Gasteiger partial charge in [-0.25, -0.2) is 8.42 Å². The van der Waals surface area contributed by atoms with Crippen LogP contribution in [0.25, 0.3) is 0 Å². The normalized spacial score (nSPS) is 20.6. The van der Waals surface area contributed by atoms with Gasteiger partial charge in [0.1, 0.15) is 0 Å². The molecule has 1 N–H and O–H groups in total. The van der Waals surface area contributed by atoms with E-state index in [0.29, 0.717) is 35.7 Å². The van der Waals surface area contributed by atoms with Crippen molar-refractivity contribution >= 4 is 26.0 Å². The van der Waals surface area contributed by atoms with E-state index in [0.717, 1.165) is 12.0 Å². The van der Waals surface area contributed by atoms with Gasteiger partial charge in [0, 0.05) is 23.6 Å². The highest BCUT2D eigenvalue weighted by atomic mass is 79.9. The van der Waals surface area contributed by atoms with Crippen LogP contribution < -0.4 is 5.32 Å². The van der Waals surface area contributed by atoms with E-state index in [1.807, 2.05) is 20.0 Å². The van der Waals surface area contributed by atoms with Crippen LogP contribution in [0.3, 0.4) is 0 Å². The van der Waals surface area contributed by atoms with E-state index in [4.69, 9.17) is 4.74 Å². The van der Waals surface area contributed by atoms with Crippen molar-refractivity contribution in [3.63, 3.8) is 0 Å². The Balaban J connectivity index is 2.40. The Labute approximate surface area is 134 Å². The molecule has 0 spiro atoms. The predicted molar refractivity (Wildman–Crippen MR) is 85.7 cm³/mol. The third-order valence-electron chi connectivity index (χ3n) is 3.61. The molecule has 1 fully saturated rings. The largest absolute Gasteiger partial charge is 0.378 e. The number of hydrogen-bond acceptors (Lipinski definition) is 4. The molecule has 21 heavy (non-hydrogen) atoms. The number of sulfonamides is 1. The molecular weight excluding hydrogens is 356 g/mol. The van der Waals surface area contributed by atoms with Crippen molar-refractivity contribution in [3.8, 4) is 0 Å². The lowest BCUT2D eigenvalue weighted by molar-refractivity contribution is 0.0314. The number of ether oxygens (including phenoxy) is 1. The van der Waals surface area contributed by atoms with Crippen LogP contribution in [0.15, 0.2) is 27.6 Å². The molecule has 0 bridgehead atoms. The van der Waals surface area contributed by atoms with Gasteiger partial charge in [0.25, 0.3) is 0 Å². The zero-order valence-corrected chi connectivity index (χ0v) is 14.7. The Morgan fingerprint density at radius 2 is 2.24 bits per heavy atom. The second-order valence-corrected chi connectivity index (χ2v) is 7.76. The highest BCUT2D eigenvalue weighted by Gasteiger charge is 2.34. The molecule has 5 nitrogen and oxygen atoms in total. The molecule has 0 amide bonds. The second-order valence-electron chi connectivity index (χ2n) is 5.05. The van der Waals surface area contributed by atoms with Crippen molar-refractivity contribution in [1.29, 1.82) is 0 Å². The van der Waals surface area contributed by atoms with Crippen molar-refractivity contribution in [1.82, 2.24) is 9.62 Å². The fourth-order valence-corrected chi connectivity index (χ4v) is 5.11. The van der Waals surface area contributed by atoms with Crippen LogP contribution >= 0.6 is 15.9 Å². The third-order valence-corrected chi connectivity index (χ3v) is 6.55. The number of nitrogens with zero attached hydrogens (tertiary/aromatic N) is 1. The van der Waals surface area contributed by atoms with E-state index in [9.17, 15) is 8.42 Å². The third kappa shape index (κ3) is 3.65. The second kappa shape index (κ2) is 7.19. The zero-order chi connectivity index (χ0) is 15.5. The van der Waals surface area contributed by atoms with E-state index < -0.39 is 10.0 Å². The fourth-order valence-electron chi connectivity index (χ4n) is 2.46. The molecule has 1 unspecified atom stereocenters. The van der Waals surface area contributed by atoms with Crippen LogP contribution in [-0.4, -0.2) is 45.6 Å². The molecule has 1 heterocycles. The van der Waals surface area contributed by atoms with Gasteiger partial charge in [-0.3, -0.25) is 0 Å². The van der Waals surface area contributed by atoms with Crippen molar-refractivity contribution in [2.45, 2.75) is 30.8 Å². The molecule has 1 atom stereocenters. The summed E-state index contributed by atoms with van der Waals surface area (Å²) in [5.41, 5.74) is 0.945. The molecule has 7 heteroatoms. The molecule has 1 aromatic carbocycles. The topological polar surface area (TPSA) is 58.6 Å². The maximum absolute atomic E-state index is 13.0. The highest BCUT2D eigenvalue weighted by molar-refractivity contribution is 9.10. The van der Waals surface area contributed by atoms with Crippen LogP contribution in [0.5, 0.6) is 0 Å². The Hall–Kier alpha value is -0.470. The smallest absolute Gasteiger partial charge is 0.244 e. The van der Waals surface area contributed by atoms with Gasteiger partial charge >= 0.3 is 0 Å². The van der Waals surface area contributed by atoms with Crippen LogP contribution in [0, 0.1) is 0 Å². The summed E-state index contributed by atoms with van der Waals surface area (Å²) in [5, 5.41) is 3.04. The average Bonchev–Trinajstić information content (AvgIpc) is 2.49. The summed E-state index contributed by atoms with van der Waals surface area (Å²) in [6.45, 7) is 3.93. The summed E-state index contributed by atoms with van der Waals surface area (Å²) in [4.78, 5) is 0.329. The maximum Gasteiger partial charge on any atom is 0.244 e. The molecule has 0 aromatic heterocycles. The number of benzene rings is 1. The lowest BCUT2D eigenvalue weighted by atomic mass is 10.2. The van der Waals surface area contributed by atoms with Gasteiger partial charge in [-0.1, -0.05) is 13.0 Å². The number of nitrogens with one attached hydrogen (secondary N) is 1. The fraction of sp³-hybridized carbons (Fsp3) is 0.571. The van der Waals surface area contributed by atoms with Gasteiger partial charge in [-0.2, -0.15) is 4.31 Å². The molecule has 1 aliphatic rings. The molecule has 1 aliphatic heterocycles. The minimum Gasteiger partial charge on any atom is -0.378 e. The van der Waals surface area contributed by atoms with Gasteiger partial charge in [-0.15, -0.1) is 0 Å². The van der Waals surface area contributed by atoms with E-state index in [1.165, 1.54) is 0 Å². The Morgan fingerprint density at radius 3 is 2.90 bits per heavy atom. The summed E-state index contributed by atoms with van der Waals surface area (Å²) >= 11 is 3.37. The van der Waals surface area contributed by atoms with Crippen molar-refractivity contribution < 1.29 is 13.2 Å². The monoisotopic (exact) mass is 376 g/mol.